The number of methoxy groups -OCH3 is 1. The molecule has 0 radical (unpaired) electrons. The van der Waals surface area contributed by atoms with Crippen molar-refractivity contribution < 1.29 is 9.53 Å². The van der Waals surface area contributed by atoms with Crippen LogP contribution >= 0.6 is 11.6 Å². The first-order chi connectivity index (χ1) is 10.1. The van der Waals surface area contributed by atoms with E-state index in [1.54, 1.807) is 25.3 Å². The standard InChI is InChI=1S/C16H17ClN2O2/c1-11-3-5-12(6-4-11)10-18-16(20)19-13-7-8-15(21-2)14(17)9-13/h3-9H,10H2,1-2H3,(H2,18,19,20). The minimum Gasteiger partial charge on any atom is -0.495 e. The van der Waals surface area contributed by atoms with Gasteiger partial charge in [0, 0.05) is 12.2 Å². The van der Waals surface area contributed by atoms with E-state index in [0.29, 0.717) is 23.0 Å². The lowest BCUT2D eigenvalue weighted by Gasteiger charge is -2.09. The highest BCUT2D eigenvalue weighted by Crippen LogP contribution is 2.27. The van der Waals surface area contributed by atoms with Crippen molar-refractivity contribution in [1.29, 1.82) is 0 Å². The zero-order valence-electron chi connectivity index (χ0n) is 11.9. The molecule has 5 heteroatoms. The molecule has 2 rings (SSSR count). The molecule has 2 N–H and O–H groups in total. The molecule has 0 heterocycles. The number of carbonyl (C=O) groups excluding carboxylic acids is 1. The molecule has 0 fully saturated rings. The lowest BCUT2D eigenvalue weighted by molar-refractivity contribution is 0.251. The lowest BCUT2D eigenvalue weighted by atomic mass is 10.1. The summed E-state index contributed by atoms with van der Waals surface area (Å²) in [5.41, 5.74) is 2.85. The third-order valence-electron chi connectivity index (χ3n) is 2.98. The summed E-state index contributed by atoms with van der Waals surface area (Å²) >= 11 is 6.00. The Bertz CT molecular complexity index is 627. The number of aryl methyl sites for hydroxylation is 1. The van der Waals surface area contributed by atoms with E-state index in [9.17, 15) is 4.79 Å². The van der Waals surface area contributed by atoms with Crippen molar-refractivity contribution in [2.45, 2.75) is 13.5 Å². The summed E-state index contributed by atoms with van der Waals surface area (Å²) in [6, 6.07) is 12.8. The molecule has 2 aromatic carbocycles. The van der Waals surface area contributed by atoms with Gasteiger partial charge in [0.2, 0.25) is 0 Å². The Balaban J connectivity index is 1.89. The fraction of sp³-hybridized carbons (Fsp3) is 0.188. The number of nitrogens with one attached hydrogen (secondary N) is 2. The largest absolute Gasteiger partial charge is 0.495 e. The number of urea groups is 1. The molecule has 0 bridgehead atoms. The predicted molar refractivity (Wildman–Crippen MR) is 85.0 cm³/mol. The molecule has 21 heavy (non-hydrogen) atoms. The molecule has 0 aliphatic rings. The van der Waals surface area contributed by atoms with Crippen LogP contribution < -0.4 is 15.4 Å². The van der Waals surface area contributed by atoms with Gasteiger partial charge in [0.05, 0.1) is 12.1 Å². The van der Waals surface area contributed by atoms with Gasteiger partial charge in [-0.25, -0.2) is 4.79 Å². The maximum absolute atomic E-state index is 11.8. The van der Waals surface area contributed by atoms with E-state index in [1.807, 2.05) is 31.2 Å². The molecule has 0 aliphatic carbocycles. The van der Waals surface area contributed by atoms with Crippen LogP contribution in [0.1, 0.15) is 11.1 Å². The van der Waals surface area contributed by atoms with E-state index in [-0.39, 0.29) is 6.03 Å². The van der Waals surface area contributed by atoms with Crippen LogP contribution in [0.5, 0.6) is 5.75 Å². The van der Waals surface area contributed by atoms with Gasteiger partial charge in [-0.3, -0.25) is 0 Å². The molecule has 0 unspecified atom stereocenters. The number of benzene rings is 2. The Morgan fingerprint density at radius 3 is 2.52 bits per heavy atom. The smallest absolute Gasteiger partial charge is 0.319 e. The molecule has 4 nitrogen and oxygen atoms in total. The molecule has 0 atom stereocenters. The quantitative estimate of drug-likeness (QED) is 0.897. The summed E-state index contributed by atoms with van der Waals surface area (Å²) in [4.78, 5) is 11.8. The lowest BCUT2D eigenvalue weighted by Crippen LogP contribution is -2.28. The van der Waals surface area contributed by atoms with Gasteiger partial charge >= 0.3 is 6.03 Å². The molecule has 0 aromatic heterocycles. The second-order valence-corrected chi connectivity index (χ2v) is 5.05. The molecule has 0 saturated heterocycles. The molecule has 0 spiro atoms. The highest BCUT2D eigenvalue weighted by atomic mass is 35.5. The molecular weight excluding hydrogens is 288 g/mol. The maximum Gasteiger partial charge on any atom is 0.319 e. The molecule has 110 valence electrons. The summed E-state index contributed by atoms with van der Waals surface area (Å²) in [6.07, 6.45) is 0. The zero-order chi connectivity index (χ0) is 15.2. The first kappa shape index (κ1) is 15.2. The van der Waals surface area contributed by atoms with Gasteiger partial charge in [-0.1, -0.05) is 41.4 Å². The van der Waals surface area contributed by atoms with Gasteiger partial charge in [-0.05, 0) is 30.7 Å². The van der Waals surface area contributed by atoms with Gasteiger partial charge in [-0.15, -0.1) is 0 Å². The van der Waals surface area contributed by atoms with Gasteiger partial charge in [-0.2, -0.15) is 0 Å². The van der Waals surface area contributed by atoms with Crippen molar-refractivity contribution in [3.63, 3.8) is 0 Å². The minimum absolute atomic E-state index is 0.281. The minimum atomic E-state index is -0.281. The molecule has 0 aliphatic heterocycles. The average molecular weight is 305 g/mol. The van der Waals surface area contributed by atoms with Crippen molar-refractivity contribution in [2.24, 2.45) is 0 Å². The van der Waals surface area contributed by atoms with Crippen LogP contribution in [-0.2, 0) is 6.54 Å². The van der Waals surface area contributed by atoms with Crippen molar-refractivity contribution in [3.8, 4) is 5.75 Å². The number of halogens is 1. The first-order valence-corrected chi connectivity index (χ1v) is 6.90. The highest BCUT2D eigenvalue weighted by Gasteiger charge is 2.05. The van der Waals surface area contributed by atoms with Gasteiger partial charge in [0.25, 0.3) is 0 Å². The molecule has 0 saturated carbocycles. The highest BCUT2D eigenvalue weighted by molar-refractivity contribution is 6.32. The topological polar surface area (TPSA) is 50.4 Å². The maximum atomic E-state index is 11.8. The van der Waals surface area contributed by atoms with E-state index >= 15 is 0 Å². The fourth-order valence-electron chi connectivity index (χ4n) is 1.81. The van der Waals surface area contributed by atoms with Crippen LogP contribution in [0.25, 0.3) is 0 Å². The Morgan fingerprint density at radius 1 is 1.19 bits per heavy atom. The van der Waals surface area contributed by atoms with Gasteiger partial charge < -0.3 is 15.4 Å². The van der Waals surface area contributed by atoms with E-state index in [4.69, 9.17) is 16.3 Å². The summed E-state index contributed by atoms with van der Waals surface area (Å²) in [5, 5.41) is 5.97. The number of anilines is 1. The summed E-state index contributed by atoms with van der Waals surface area (Å²) in [6.45, 7) is 2.49. The van der Waals surface area contributed by atoms with Crippen molar-refractivity contribution in [3.05, 3.63) is 58.6 Å². The zero-order valence-corrected chi connectivity index (χ0v) is 12.7. The monoisotopic (exact) mass is 304 g/mol. The normalized spacial score (nSPS) is 10.0. The number of amides is 2. The van der Waals surface area contributed by atoms with E-state index < -0.39 is 0 Å². The Kier molecular flexibility index (Phi) is 5.06. The second-order valence-electron chi connectivity index (χ2n) is 4.64. The first-order valence-electron chi connectivity index (χ1n) is 6.52. The molecular formula is C16H17ClN2O2. The number of hydrogen-bond donors (Lipinski definition) is 2. The third kappa shape index (κ3) is 4.39. The SMILES string of the molecule is COc1ccc(NC(=O)NCc2ccc(C)cc2)cc1Cl. The summed E-state index contributed by atoms with van der Waals surface area (Å²) in [5.74, 6) is 0.572. The van der Waals surface area contributed by atoms with Crippen LogP contribution in [0.4, 0.5) is 10.5 Å². The van der Waals surface area contributed by atoms with E-state index in [1.165, 1.54) is 5.56 Å². The Hall–Kier alpha value is -2.20. The molecule has 2 amide bonds. The number of hydrogen-bond acceptors (Lipinski definition) is 2. The predicted octanol–water partition coefficient (Wildman–Crippen LogP) is 3.98. The average Bonchev–Trinajstić information content (AvgIpc) is 2.47. The fourth-order valence-corrected chi connectivity index (χ4v) is 2.07. The summed E-state index contributed by atoms with van der Waals surface area (Å²) < 4.78 is 5.06. The van der Waals surface area contributed by atoms with Crippen molar-refractivity contribution in [1.82, 2.24) is 5.32 Å². The van der Waals surface area contributed by atoms with Crippen molar-refractivity contribution in [2.75, 3.05) is 12.4 Å². The van der Waals surface area contributed by atoms with Crippen LogP contribution in [0.15, 0.2) is 42.5 Å². The van der Waals surface area contributed by atoms with Crippen LogP contribution in [0, 0.1) is 6.92 Å². The Morgan fingerprint density at radius 2 is 1.90 bits per heavy atom. The number of ether oxygens (including phenoxy) is 1. The summed E-state index contributed by atoms with van der Waals surface area (Å²) in [7, 11) is 1.54. The van der Waals surface area contributed by atoms with Crippen LogP contribution in [0.3, 0.4) is 0 Å². The van der Waals surface area contributed by atoms with Crippen LogP contribution in [-0.4, -0.2) is 13.1 Å². The number of rotatable bonds is 4. The van der Waals surface area contributed by atoms with Gasteiger partial charge in [0.15, 0.2) is 0 Å². The third-order valence-corrected chi connectivity index (χ3v) is 3.28. The van der Waals surface area contributed by atoms with Gasteiger partial charge in [0.1, 0.15) is 5.75 Å². The number of carbonyl (C=O) groups is 1. The van der Waals surface area contributed by atoms with E-state index in [0.717, 1.165) is 5.56 Å². The second kappa shape index (κ2) is 6.99. The molecule has 2 aromatic rings. The van der Waals surface area contributed by atoms with Crippen LogP contribution in [0.2, 0.25) is 5.02 Å². The van der Waals surface area contributed by atoms with E-state index in [2.05, 4.69) is 10.6 Å². The Labute approximate surface area is 129 Å². The van der Waals surface area contributed by atoms with Crippen molar-refractivity contribution >= 4 is 23.3 Å².